The minimum absolute atomic E-state index is 0.300. The molecule has 0 N–H and O–H groups in total. The Morgan fingerprint density at radius 2 is 1.77 bits per heavy atom. The Hall–Kier alpha value is -2.79. The topological polar surface area (TPSA) is 55.8 Å². The van der Waals surface area contributed by atoms with Crippen molar-refractivity contribution in [1.29, 1.82) is 0 Å². The fourth-order valence-corrected chi connectivity index (χ4v) is 2.10. The molecule has 0 atom stereocenters. The van der Waals surface area contributed by atoms with Crippen molar-refractivity contribution in [3.8, 4) is 5.75 Å². The molecule has 0 radical (unpaired) electrons. The molecular weight excluding hydrogens is 354 g/mol. The monoisotopic (exact) mass is 373 g/mol. The van der Waals surface area contributed by atoms with E-state index in [0.29, 0.717) is 23.9 Å². The number of hydrogen-bond acceptors (Lipinski definition) is 4. The molecule has 0 aliphatic rings. The average molecular weight is 374 g/mol. The number of ether oxygens (including phenoxy) is 2. The highest BCUT2D eigenvalue weighted by Crippen LogP contribution is 2.15. The van der Waals surface area contributed by atoms with E-state index >= 15 is 0 Å². The molecule has 0 unspecified atom stereocenters. The van der Waals surface area contributed by atoms with E-state index < -0.39 is 5.97 Å². The minimum atomic E-state index is -0.562. The lowest BCUT2D eigenvalue weighted by atomic mass is 10.2. The summed E-state index contributed by atoms with van der Waals surface area (Å²) >= 11 is 5.80. The second-order valence-corrected chi connectivity index (χ2v) is 5.91. The quantitative estimate of drug-likeness (QED) is 0.525. The summed E-state index contributed by atoms with van der Waals surface area (Å²) in [5, 5.41) is 0.632. The van der Waals surface area contributed by atoms with Gasteiger partial charge in [-0.3, -0.25) is 4.79 Å². The molecular formula is C20H20ClNO4. The van der Waals surface area contributed by atoms with Crippen LogP contribution in [0.15, 0.2) is 60.7 Å². The molecule has 1 amide bonds. The molecule has 0 heterocycles. The molecule has 0 aliphatic carbocycles. The first kappa shape index (κ1) is 19.5. The summed E-state index contributed by atoms with van der Waals surface area (Å²) in [6.45, 7) is 0.389. The Morgan fingerprint density at radius 1 is 1.08 bits per heavy atom. The van der Waals surface area contributed by atoms with Crippen LogP contribution in [0.5, 0.6) is 5.75 Å². The fraction of sp³-hybridized carbons (Fsp3) is 0.200. The number of esters is 1. The second-order valence-electron chi connectivity index (χ2n) is 5.47. The summed E-state index contributed by atoms with van der Waals surface area (Å²) in [5.74, 6) is -0.188. The van der Waals surface area contributed by atoms with E-state index in [2.05, 4.69) is 0 Å². The predicted octanol–water partition coefficient (Wildman–Crippen LogP) is 3.43. The standard InChI is InChI=1S/C20H20ClNO4/c1-22(13-14-25-18-10-8-17(21)9-11-18)19(23)15-26-20(24)12-7-16-5-3-2-4-6-16/h2-12H,13-15H2,1H3/b12-7+. The van der Waals surface area contributed by atoms with Crippen molar-refractivity contribution in [2.75, 3.05) is 26.8 Å². The van der Waals surface area contributed by atoms with Crippen LogP contribution >= 0.6 is 11.6 Å². The maximum absolute atomic E-state index is 12.0. The Labute approximate surface area is 157 Å². The number of hydrogen-bond donors (Lipinski definition) is 0. The molecule has 5 nitrogen and oxygen atoms in total. The van der Waals surface area contributed by atoms with Crippen molar-refractivity contribution < 1.29 is 19.1 Å². The molecule has 6 heteroatoms. The minimum Gasteiger partial charge on any atom is -0.492 e. The van der Waals surface area contributed by atoms with Crippen LogP contribution < -0.4 is 4.74 Å². The van der Waals surface area contributed by atoms with Gasteiger partial charge in [-0.1, -0.05) is 41.9 Å². The molecule has 2 aromatic rings. The highest BCUT2D eigenvalue weighted by molar-refractivity contribution is 6.30. The van der Waals surface area contributed by atoms with Gasteiger partial charge in [0, 0.05) is 18.1 Å². The second kappa shape index (κ2) is 10.3. The van der Waals surface area contributed by atoms with Gasteiger partial charge in [-0.15, -0.1) is 0 Å². The normalized spacial score (nSPS) is 10.5. The SMILES string of the molecule is CN(CCOc1ccc(Cl)cc1)C(=O)COC(=O)/C=C/c1ccccc1. The van der Waals surface area contributed by atoms with E-state index in [0.717, 1.165) is 5.56 Å². The highest BCUT2D eigenvalue weighted by atomic mass is 35.5. The summed E-state index contributed by atoms with van der Waals surface area (Å²) in [7, 11) is 1.63. The van der Waals surface area contributed by atoms with Crippen LogP contribution in [-0.4, -0.2) is 43.6 Å². The van der Waals surface area contributed by atoms with Crippen molar-refractivity contribution in [3.05, 3.63) is 71.3 Å². The van der Waals surface area contributed by atoms with Gasteiger partial charge in [0.05, 0.1) is 6.54 Å². The average Bonchev–Trinajstić information content (AvgIpc) is 2.66. The molecule has 2 rings (SSSR count). The molecule has 0 bridgehead atoms. The van der Waals surface area contributed by atoms with Gasteiger partial charge in [-0.2, -0.15) is 0 Å². The Morgan fingerprint density at radius 3 is 2.46 bits per heavy atom. The third kappa shape index (κ3) is 6.99. The number of halogens is 1. The molecule has 26 heavy (non-hydrogen) atoms. The first-order chi connectivity index (χ1) is 12.5. The largest absolute Gasteiger partial charge is 0.492 e. The summed E-state index contributed by atoms with van der Waals surface area (Å²) in [5.41, 5.74) is 0.882. The van der Waals surface area contributed by atoms with Crippen molar-refractivity contribution in [3.63, 3.8) is 0 Å². The van der Waals surface area contributed by atoms with E-state index in [1.165, 1.54) is 11.0 Å². The number of nitrogens with zero attached hydrogens (tertiary/aromatic N) is 1. The lowest BCUT2D eigenvalue weighted by Crippen LogP contribution is -2.34. The summed E-state index contributed by atoms with van der Waals surface area (Å²) in [4.78, 5) is 25.1. The number of benzene rings is 2. The van der Waals surface area contributed by atoms with Crippen molar-refractivity contribution in [1.82, 2.24) is 4.90 Å². The molecule has 0 spiro atoms. The van der Waals surface area contributed by atoms with Crippen LogP contribution in [0, 0.1) is 0 Å². The van der Waals surface area contributed by atoms with Crippen LogP contribution in [0.2, 0.25) is 5.02 Å². The summed E-state index contributed by atoms with van der Waals surface area (Å²) in [6, 6.07) is 16.3. The zero-order chi connectivity index (χ0) is 18.8. The van der Waals surface area contributed by atoms with Crippen LogP contribution in [0.25, 0.3) is 6.08 Å². The number of carbonyl (C=O) groups excluding carboxylic acids is 2. The van der Waals surface area contributed by atoms with E-state index in [1.54, 1.807) is 37.4 Å². The molecule has 2 aromatic carbocycles. The molecule has 0 fully saturated rings. The van der Waals surface area contributed by atoms with Gasteiger partial charge in [-0.25, -0.2) is 4.79 Å². The Balaban J connectivity index is 1.67. The maximum atomic E-state index is 12.0. The Kier molecular flexibility index (Phi) is 7.71. The lowest BCUT2D eigenvalue weighted by molar-refractivity contribution is -0.147. The van der Waals surface area contributed by atoms with Gasteiger partial charge in [0.2, 0.25) is 0 Å². The van der Waals surface area contributed by atoms with Gasteiger partial charge >= 0.3 is 5.97 Å². The van der Waals surface area contributed by atoms with Crippen LogP contribution in [0.1, 0.15) is 5.56 Å². The van der Waals surface area contributed by atoms with Crippen molar-refractivity contribution in [2.45, 2.75) is 0 Å². The highest BCUT2D eigenvalue weighted by Gasteiger charge is 2.11. The molecule has 0 saturated carbocycles. The van der Waals surface area contributed by atoms with E-state index in [4.69, 9.17) is 21.1 Å². The van der Waals surface area contributed by atoms with Crippen LogP contribution in [-0.2, 0) is 14.3 Å². The van der Waals surface area contributed by atoms with Gasteiger partial charge in [0.15, 0.2) is 6.61 Å². The fourth-order valence-electron chi connectivity index (χ4n) is 1.98. The summed E-state index contributed by atoms with van der Waals surface area (Å²) in [6.07, 6.45) is 2.93. The zero-order valence-corrected chi connectivity index (χ0v) is 15.2. The maximum Gasteiger partial charge on any atom is 0.331 e. The third-order valence-corrected chi connectivity index (χ3v) is 3.74. The van der Waals surface area contributed by atoms with Crippen molar-refractivity contribution >= 4 is 29.6 Å². The molecule has 136 valence electrons. The molecule has 0 aliphatic heterocycles. The first-order valence-corrected chi connectivity index (χ1v) is 8.44. The van der Waals surface area contributed by atoms with Gasteiger partial charge in [0.25, 0.3) is 5.91 Å². The van der Waals surface area contributed by atoms with Crippen LogP contribution in [0.3, 0.4) is 0 Å². The molecule has 0 saturated heterocycles. The zero-order valence-electron chi connectivity index (χ0n) is 14.4. The number of likely N-dealkylation sites (N-methyl/N-ethyl adjacent to an activating group) is 1. The number of amides is 1. The van der Waals surface area contributed by atoms with E-state index in [1.807, 2.05) is 30.3 Å². The molecule has 0 aromatic heterocycles. The number of carbonyl (C=O) groups is 2. The van der Waals surface area contributed by atoms with Gasteiger partial charge < -0.3 is 14.4 Å². The number of rotatable bonds is 8. The summed E-state index contributed by atoms with van der Waals surface area (Å²) < 4.78 is 10.5. The van der Waals surface area contributed by atoms with Gasteiger partial charge in [-0.05, 0) is 35.9 Å². The van der Waals surface area contributed by atoms with E-state index in [-0.39, 0.29) is 12.5 Å². The lowest BCUT2D eigenvalue weighted by Gasteiger charge is -2.17. The predicted molar refractivity (Wildman–Crippen MR) is 101 cm³/mol. The first-order valence-electron chi connectivity index (χ1n) is 8.07. The van der Waals surface area contributed by atoms with E-state index in [9.17, 15) is 9.59 Å². The van der Waals surface area contributed by atoms with Crippen molar-refractivity contribution in [2.24, 2.45) is 0 Å². The van der Waals surface area contributed by atoms with Gasteiger partial charge in [0.1, 0.15) is 12.4 Å². The third-order valence-electron chi connectivity index (χ3n) is 3.48. The smallest absolute Gasteiger partial charge is 0.331 e. The Bertz CT molecular complexity index is 744. The van der Waals surface area contributed by atoms with Crippen LogP contribution in [0.4, 0.5) is 0 Å².